The van der Waals surface area contributed by atoms with Gasteiger partial charge in [0.15, 0.2) is 12.1 Å². The minimum atomic E-state index is -1.69. The standard InChI is InChI=1S/C16H22O6/c1-16(2)21-14-13(19-9-10-6-4-3-5-7-10)12(11(18)8-17)20-15(14)22-16/h3-7,11-15,17-18H,8-9H2,1-2H3/t11-,12+,13-,14+,15+/m0/s1/i8D/t8-,11+,12-,13+,14-,15-/m1. The van der Waals surface area contributed by atoms with Crippen molar-refractivity contribution in [2.24, 2.45) is 0 Å². The number of fused-ring (bicyclic) bond motifs is 1. The molecule has 1 aromatic rings. The molecule has 2 heterocycles. The second-order valence-corrected chi connectivity index (χ2v) is 5.97. The van der Waals surface area contributed by atoms with Crippen molar-refractivity contribution in [1.29, 1.82) is 0 Å². The first-order chi connectivity index (χ1) is 10.9. The van der Waals surface area contributed by atoms with Gasteiger partial charge >= 0.3 is 0 Å². The molecule has 2 fully saturated rings. The summed E-state index contributed by atoms with van der Waals surface area (Å²) in [5.41, 5.74) is 0.966. The van der Waals surface area contributed by atoms with Crippen molar-refractivity contribution < 1.29 is 30.5 Å². The molecule has 0 bridgehead atoms. The quantitative estimate of drug-likeness (QED) is 0.838. The molecule has 0 aliphatic carbocycles. The van der Waals surface area contributed by atoms with Gasteiger partial charge in [-0.25, -0.2) is 0 Å². The van der Waals surface area contributed by atoms with Crippen LogP contribution in [-0.4, -0.2) is 53.3 Å². The largest absolute Gasteiger partial charge is 0.394 e. The zero-order valence-corrected chi connectivity index (χ0v) is 12.6. The van der Waals surface area contributed by atoms with Gasteiger partial charge in [-0.2, -0.15) is 0 Å². The zero-order valence-electron chi connectivity index (χ0n) is 13.6. The lowest BCUT2D eigenvalue weighted by molar-refractivity contribution is -0.232. The van der Waals surface area contributed by atoms with Crippen LogP contribution in [0.25, 0.3) is 0 Å². The second kappa shape index (κ2) is 6.23. The minimum absolute atomic E-state index is 0.305. The Morgan fingerprint density at radius 2 is 2.05 bits per heavy atom. The summed E-state index contributed by atoms with van der Waals surface area (Å²) in [6, 6.07) is 9.58. The van der Waals surface area contributed by atoms with Crippen LogP contribution in [0.1, 0.15) is 20.8 Å². The molecule has 6 heteroatoms. The lowest BCUT2D eigenvalue weighted by Gasteiger charge is -2.28. The van der Waals surface area contributed by atoms with E-state index in [9.17, 15) is 10.2 Å². The Morgan fingerprint density at radius 1 is 1.32 bits per heavy atom. The highest BCUT2D eigenvalue weighted by atomic mass is 16.8. The predicted octanol–water partition coefficient (Wildman–Crippen LogP) is 0.801. The summed E-state index contributed by atoms with van der Waals surface area (Å²) >= 11 is 0. The molecule has 0 aromatic heterocycles. The lowest BCUT2D eigenvalue weighted by atomic mass is 10.1. The maximum absolute atomic E-state index is 10.0. The molecule has 0 amide bonds. The van der Waals surface area contributed by atoms with E-state index in [1.165, 1.54) is 0 Å². The van der Waals surface area contributed by atoms with Gasteiger partial charge in [-0.1, -0.05) is 30.3 Å². The average molecular weight is 311 g/mol. The Balaban J connectivity index is 1.73. The number of aliphatic hydroxyl groups is 2. The van der Waals surface area contributed by atoms with Gasteiger partial charge < -0.3 is 29.2 Å². The van der Waals surface area contributed by atoms with Gasteiger partial charge in [-0.05, 0) is 19.4 Å². The third-order valence-corrected chi connectivity index (χ3v) is 3.80. The van der Waals surface area contributed by atoms with Crippen LogP contribution >= 0.6 is 0 Å². The average Bonchev–Trinajstić information content (AvgIpc) is 2.97. The van der Waals surface area contributed by atoms with E-state index in [0.29, 0.717) is 6.61 Å². The molecule has 0 spiro atoms. The van der Waals surface area contributed by atoms with E-state index in [4.69, 9.17) is 20.3 Å². The molecule has 2 N–H and O–H groups in total. The molecular formula is C16H22O6. The van der Waals surface area contributed by atoms with Crippen LogP contribution in [0, 0.1) is 0 Å². The first kappa shape index (κ1) is 14.6. The number of benzene rings is 1. The zero-order chi connectivity index (χ0) is 16.6. The molecule has 2 saturated heterocycles. The number of ether oxygens (including phenoxy) is 4. The fraction of sp³-hybridized carbons (Fsp3) is 0.625. The second-order valence-electron chi connectivity index (χ2n) is 5.97. The van der Waals surface area contributed by atoms with Crippen molar-refractivity contribution in [1.82, 2.24) is 0 Å². The molecule has 3 rings (SSSR count). The van der Waals surface area contributed by atoms with Gasteiger partial charge in [0.2, 0.25) is 0 Å². The lowest BCUT2D eigenvalue weighted by Crippen LogP contribution is -2.44. The van der Waals surface area contributed by atoms with Crippen molar-refractivity contribution in [3.05, 3.63) is 35.9 Å². The van der Waals surface area contributed by atoms with Crippen LogP contribution in [0.3, 0.4) is 0 Å². The monoisotopic (exact) mass is 311 g/mol. The minimum Gasteiger partial charge on any atom is -0.394 e. The van der Waals surface area contributed by atoms with E-state index in [2.05, 4.69) is 0 Å². The van der Waals surface area contributed by atoms with Gasteiger partial charge in [-0.15, -0.1) is 0 Å². The molecular weight excluding hydrogens is 288 g/mol. The van der Waals surface area contributed by atoms with Crippen LogP contribution in [0.5, 0.6) is 0 Å². The van der Waals surface area contributed by atoms with Crippen LogP contribution < -0.4 is 0 Å². The summed E-state index contributed by atoms with van der Waals surface area (Å²) in [6.45, 7) is 2.16. The summed E-state index contributed by atoms with van der Waals surface area (Å²) < 4.78 is 30.3. The van der Waals surface area contributed by atoms with E-state index in [1.807, 2.05) is 30.3 Å². The number of hydrogen-bond acceptors (Lipinski definition) is 6. The fourth-order valence-electron chi connectivity index (χ4n) is 2.82. The van der Waals surface area contributed by atoms with Gasteiger partial charge in [0.1, 0.15) is 24.4 Å². The summed E-state index contributed by atoms with van der Waals surface area (Å²) in [5.74, 6) is -0.806. The molecule has 6 nitrogen and oxygen atoms in total. The van der Waals surface area contributed by atoms with Gasteiger partial charge in [0.25, 0.3) is 0 Å². The Bertz CT molecular complexity index is 523. The third-order valence-electron chi connectivity index (χ3n) is 3.80. The molecule has 6 atom stereocenters. The van der Waals surface area contributed by atoms with Gasteiger partial charge in [0.05, 0.1) is 14.6 Å². The molecule has 0 radical (unpaired) electrons. The van der Waals surface area contributed by atoms with Crippen molar-refractivity contribution in [2.75, 3.05) is 6.58 Å². The highest BCUT2D eigenvalue weighted by Crippen LogP contribution is 2.39. The van der Waals surface area contributed by atoms with Crippen molar-refractivity contribution in [2.45, 2.75) is 56.9 Å². The van der Waals surface area contributed by atoms with E-state index >= 15 is 0 Å². The van der Waals surface area contributed by atoms with Crippen LogP contribution in [0.4, 0.5) is 0 Å². The van der Waals surface area contributed by atoms with Gasteiger partial charge in [0, 0.05) is 0 Å². The van der Waals surface area contributed by atoms with Gasteiger partial charge in [-0.3, -0.25) is 0 Å². The summed E-state index contributed by atoms with van der Waals surface area (Å²) in [7, 11) is 0. The number of aliphatic hydroxyl groups excluding tert-OH is 2. The van der Waals surface area contributed by atoms with Crippen LogP contribution in [-0.2, 0) is 25.6 Å². The Hall–Kier alpha value is -1.02. The first-order valence-electron chi connectivity index (χ1n) is 7.90. The summed E-state index contributed by atoms with van der Waals surface area (Å²) in [5, 5.41) is 19.4. The van der Waals surface area contributed by atoms with E-state index in [1.54, 1.807) is 13.8 Å². The molecule has 122 valence electrons. The normalized spacial score (nSPS) is 36.6. The van der Waals surface area contributed by atoms with Crippen LogP contribution in [0.2, 0.25) is 0 Å². The summed E-state index contributed by atoms with van der Waals surface area (Å²) in [6.07, 6.45) is -4.15. The highest BCUT2D eigenvalue weighted by Gasteiger charge is 2.56. The van der Waals surface area contributed by atoms with Crippen molar-refractivity contribution in [3.8, 4) is 0 Å². The topological polar surface area (TPSA) is 77.4 Å². The molecule has 2 aliphatic rings. The smallest absolute Gasteiger partial charge is 0.190 e. The van der Waals surface area contributed by atoms with E-state index < -0.39 is 43.1 Å². The maximum Gasteiger partial charge on any atom is 0.190 e. The number of hydrogen-bond donors (Lipinski definition) is 2. The highest BCUT2D eigenvalue weighted by molar-refractivity contribution is 5.13. The van der Waals surface area contributed by atoms with Crippen LogP contribution in [0.15, 0.2) is 30.3 Å². The Morgan fingerprint density at radius 3 is 2.73 bits per heavy atom. The number of rotatable bonds is 5. The van der Waals surface area contributed by atoms with E-state index in [0.717, 1.165) is 5.56 Å². The third kappa shape index (κ3) is 3.17. The molecule has 0 unspecified atom stereocenters. The Kier molecular flexibility index (Phi) is 4.13. The molecule has 1 aromatic carbocycles. The van der Waals surface area contributed by atoms with Crippen molar-refractivity contribution in [3.63, 3.8) is 0 Å². The summed E-state index contributed by atoms with van der Waals surface area (Å²) in [4.78, 5) is 0. The predicted molar refractivity (Wildman–Crippen MR) is 76.8 cm³/mol. The van der Waals surface area contributed by atoms with Crippen molar-refractivity contribution >= 4 is 0 Å². The molecule has 22 heavy (non-hydrogen) atoms. The Labute approximate surface area is 131 Å². The SMILES string of the molecule is [2H][C@@H](O)[C@H](O)[C@H]1O[C@@H]2OC(C)(C)O[C@@H]2[C@H]1OCc1ccccc1. The molecule has 0 saturated carbocycles. The van der Waals surface area contributed by atoms with E-state index in [-0.39, 0.29) is 0 Å². The molecule has 2 aliphatic heterocycles. The maximum atomic E-state index is 10.0. The first-order valence-corrected chi connectivity index (χ1v) is 7.32. The fourth-order valence-corrected chi connectivity index (χ4v) is 2.82.